The first-order chi connectivity index (χ1) is 5.11. The standard InChI is InChI=1S/C10H22N/c1-5-10-7-6-8-11(10,4)9(2)3/h9-10H,5-8H2,1-4H3/q+1. The van der Waals surface area contributed by atoms with Crippen molar-refractivity contribution < 1.29 is 4.48 Å². The van der Waals surface area contributed by atoms with Gasteiger partial charge < -0.3 is 4.48 Å². The number of hydrogen-bond acceptors (Lipinski definition) is 0. The van der Waals surface area contributed by atoms with Gasteiger partial charge in [-0.15, -0.1) is 0 Å². The molecule has 0 amide bonds. The van der Waals surface area contributed by atoms with Crippen LogP contribution in [-0.4, -0.2) is 30.2 Å². The van der Waals surface area contributed by atoms with Gasteiger partial charge in [-0.1, -0.05) is 6.92 Å². The van der Waals surface area contributed by atoms with Crippen LogP contribution in [0.25, 0.3) is 0 Å². The monoisotopic (exact) mass is 156 g/mol. The Bertz CT molecular complexity index is 131. The number of hydrogen-bond donors (Lipinski definition) is 0. The van der Waals surface area contributed by atoms with Crippen LogP contribution in [0.2, 0.25) is 0 Å². The zero-order valence-electron chi connectivity index (χ0n) is 8.43. The van der Waals surface area contributed by atoms with Gasteiger partial charge >= 0.3 is 0 Å². The molecule has 1 aliphatic heterocycles. The maximum absolute atomic E-state index is 2.42. The highest BCUT2D eigenvalue weighted by Gasteiger charge is 2.38. The summed E-state index contributed by atoms with van der Waals surface area (Å²) in [4.78, 5) is 0. The zero-order valence-corrected chi connectivity index (χ0v) is 8.43. The van der Waals surface area contributed by atoms with Crippen LogP contribution in [-0.2, 0) is 0 Å². The summed E-state index contributed by atoms with van der Waals surface area (Å²) in [5, 5.41) is 0. The lowest BCUT2D eigenvalue weighted by molar-refractivity contribution is -0.941. The molecule has 0 saturated carbocycles. The van der Waals surface area contributed by atoms with Gasteiger partial charge in [0.25, 0.3) is 0 Å². The molecule has 0 aromatic rings. The predicted octanol–water partition coefficient (Wildman–Crippen LogP) is 2.41. The van der Waals surface area contributed by atoms with Crippen LogP contribution < -0.4 is 0 Å². The first-order valence-electron chi connectivity index (χ1n) is 4.96. The Kier molecular flexibility index (Phi) is 2.58. The summed E-state index contributed by atoms with van der Waals surface area (Å²) >= 11 is 0. The zero-order chi connectivity index (χ0) is 8.48. The van der Waals surface area contributed by atoms with Gasteiger partial charge in [-0.25, -0.2) is 0 Å². The summed E-state index contributed by atoms with van der Waals surface area (Å²) in [7, 11) is 2.42. The number of nitrogens with zero attached hydrogens (tertiary/aromatic N) is 1. The van der Waals surface area contributed by atoms with E-state index in [0.29, 0.717) is 0 Å². The molecule has 2 unspecified atom stereocenters. The van der Waals surface area contributed by atoms with Crippen molar-refractivity contribution >= 4 is 0 Å². The second-order valence-electron chi connectivity index (χ2n) is 4.37. The van der Waals surface area contributed by atoms with Crippen LogP contribution in [0, 0.1) is 0 Å². The van der Waals surface area contributed by atoms with E-state index < -0.39 is 0 Å². The van der Waals surface area contributed by atoms with Crippen molar-refractivity contribution in [2.45, 2.75) is 52.1 Å². The van der Waals surface area contributed by atoms with Crippen molar-refractivity contribution in [2.75, 3.05) is 13.6 Å². The van der Waals surface area contributed by atoms with Gasteiger partial charge in [0.1, 0.15) is 0 Å². The topological polar surface area (TPSA) is 0 Å². The summed E-state index contributed by atoms with van der Waals surface area (Å²) < 4.78 is 1.32. The molecule has 1 fully saturated rings. The molecule has 0 spiro atoms. The third kappa shape index (κ3) is 1.44. The van der Waals surface area contributed by atoms with E-state index in [1.807, 2.05) is 0 Å². The Morgan fingerprint density at radius 3 is 2.45 bits per heavy atom. The SMILES string of the molecule is CCC1CCC[N+]1(C)C(C)C. The molecule has 1 rings (SSSR count). The van der Waals surface area contributed by atoms with E-state index in [1.54, 1.807) is 0 Å². The Hall–Kier alpha value is -0.0400. The molecule has 1 saturated heterocycles. The summed E-state index contributed by atoms with van der Waals surface area (Å²) in [5.74, 6) is 0. The van der Waals surface area contributed by atoms with E-state index in [-0.39, 0.29) is 0 Å². The van der Waals surface area contributed by atoms with Crippen LogP contribution in [0.4, 0.5) is 0 Å². The normalized spacial score (nSPS) is 38.5. The Labute approximate surface area is 71.0 Å². The number of quaternary nitrogens is 1. The van der Waals surface area contributed by atoms with E-state index in [0.717, 1.165) is 12.1 Å². The van der Waals surface area contributed by atoms with Crippen molar-refractivity contribution in [2.24, 2.45) is 0 Å². The summed E-state index contributed by atoms with van der Waals surface area (Å²) in [5.41, 5.74) is 0. The largest absolute Gasteiger partial charge is 0.322 e. The highest BCUT2D eigenvalue weighted by atomic mass is 15.4. The van der Waals surface area contributed by atoms with Crippen molar-refractivity contribution in [1.82, 2.24) is 0 Å². The lowest BCUT2D eigenvalue weighted by Crippen LogP contribution is -2.52. The maximum atomic E-state index is 2.42. The molecule has 0 aliphatic carbocycles. The fourth-order valence-corrected chi connectivity index (χ4v) is 2.45. The Morgan fingerprint density at radius 2 is 2.09 bits per heavy atom. The van der Waals surface area contributed by atoms with Crippen LogP contribution in [0.5, 0.6) is 0 Å². The predicted molar refractivity (Wildman–Crippen MR) is 49.5 cm³/mol. The van der Waals surface area contributed by atoms with Crippen LogP contribution >= 0.6 is 0 Å². The molecule has 0 aromatic heterocycles. The van der Waals surface area contributed by atoms with Gasteiger partial charge in [-0.3, -0.25) is 0 Å². The van der Waals surface area contributed by atoms with Gasteiger partial charge in [0.05, 0.1) is 25.7 Å². The van der Waals surface area contributed by atoms with E-state index in [1.165, 1.54) is 30.3 Å². The fraction of sp³-hybridized carbons (Fsp3) is 1.00. The van der Waals surface area contributed by atoms with Crippen LogP contribution in [0.3, 0.4) is 0 Å². The van der Waals surface area contributed by atoms with E-state index in [4.69, 9.17) is 0 Å². The average Bonchev–Trinajstić information content (AvgIpc) is 2.32. The summed E-state index contributed by atoms with van der Waals surface area (Å²) in [6.45, 7) is 8.44. The second-order valence-corrected chi connectivity index (χ2v) is 4.37. The smallest absolute Gasteiger partial charge is 0.0889 e. The molecular weight excluding hydrogens is 134 g/mol. The molecule has 1 heterocycles. The molecule has 11 heavy (non-hydrogen) atoms. The molecule has 0 bridgehead atoms. The summed E-state index contributed by atoms with van der Waals surface area (Å²) in [6, 6.07) is 1.75. The van der Waals surface area contributed by atoms with Crippen LogP contribution in [0.1, 0.15) is 40.0 Å². The molecule has 1 heteroatoms. The van der Waals surface area contributed by atoms with Gasteiger partial charge in [0.2, 0.25) is 0 Å². The van der Waals surface area contributed by atoms with Gasteiger partial charge in [-0.2, -0.15) is 0 Å². The second kappa shape index (κ2) is 3.14. The van der Waals surface area contributed by atoms with Gasteiger partial charge in [-0.05, 0) is 20.3 Å². The first-order valence-corrected chi connectivity index (χ1v) is 4.96. The lowest BCUT2D eigenvalue weighted by atomic mass is 10.1. The Morgan fingerprint density at radius 1 is 1.45 bits per heavy atom. The minimum absolute atomic E-state index is 0.808. The number of rotatable bonds is 2. The third-order valence-electron chi connectivity index (χ3n) is 3.66. The van der Waals surface area contributed by atoms with E-state index >= 15 is 0 Å². The Balaban J connectivity index is 2.67. The number of likely N-dealkylation sites (tertiary alicyclic amines) is 1. The van der Waals surface area contributed by atoms with Crippen LogP contribution in [0.15, 0.2) is 0 Å². The maximum Gasteiger partial charge on any atom is 0.0889 e. The highest BCUT2D eigenvalue weighted by Crippen LogP contribution is 2.29. The molecule has 66 valence electrons. The molecular formula is C10H22N+. The van der Waals surface area contributed by atoms with E-state index in [9.17, 15) is 0 Å². The van der Waals surface area contributed by atoms with Gasteiger partial charge in [0.15, 0.2) is 0 Å². The first kappa shape index (κ1) is 9.05. The molecule has 1 nitrogen and oxygen atoms in total. The lowest BCUT2D eigenvalue weighted by Gasteiger charge is -2.39. The molecule has 0 N–H and O–H groups in total. The van der Waals surface area contributed by atoms with Crippen molar-refractivity contribution in [3.05, 3.63) is 0 Å². The van der Waals surface area contributed by atoms with E-state index in [2.05, 4.69) is 27.8 Å². The van der Waals surface area contributed by atoms with Crippen molar-refractivity contribution in [1.29, 1.82) is 0 Å². The quantitative estimate of drug-likeness (QED) is 0.539. The molecule has 2 atom stereocenters. The fourth-order valence-electron chi connectivity index (χ4n) is 2.45. The third-order valence-corrected chi connectivity index (χ3v) is 3.66. The molecule has 1 aliphatic rings. The average molecular weight is 156 g/mol. The summed E-state index contributed by atoms with van der Waals surface area (Å²) in [6.07, 6.45) is 4.24. The highest BCUT2D eigenvalue weighted by molar-refractivity contribution is 4.67. The molecule has 0 aromatic carbocycles. The minimum atomic E-state index is 0.808. The molecule has 0 radical (unpaired) electrons. The van der Waals surface area contributed by atoms with Gasteiger partial charge in [0, 0.05) is 12.8 Å². The van der Waals surface area contributed by atoms with Crippen molar-refractivity contribution in [3.63, 3.8) is 0 Å². The minimum Gasteiger partial charge on any atom is -0.322 e. The van der Waals surface area contributed by atoms with Crippen molar-refractivity contribution in [3.8, 4) is 0 Å².